The number of benzene rings is 8. The number of thiol groups is 1. The van der Waals surface area contributed by atoms with Gasteiger partial charge in [-0.25, -0.2) is 0 Å². The van der Waals surface area contributed by atoms with Crippen molar-refractivity contribution in [3.05, 3.63) is 190 Å². The summed E-state index contributed by atoms with van der Waals surface area (Å²) in [5.41, 5.74) is 18.7. The second-order valence-electron chi connectivity index (χ2n) is 24.5. The van der Waals surface area contributed by atoms with Crippen molar-refractivity contribution in [1.29, 1.82) is 0 Å². The summed E-state index contributed by atoms with van der Waals surface area (Å²) in [7, 11) is 0. The van der Waals surface area contributed by atoms with E-state index in [9.17, 15) is 0 Å². The van der Waals surface area contributed by atoms with Gasteiger partial charge in [0.05, 0.1) is 0 Å². The number of hydrogen-bond donors (Lipinski definition) is 1. The van der Waals surface area contributed by atoms with E-state index in [1.807, 2.05) is 58.0 Å². The summed E-state index contributed by atoms with van der Waals surface area (Å²) < 4.78 is 0. The standard InChI is InChI=1S/C68H70S.2C2H6/c1-16-43(54-26-19-20-27-61(54)69)24-18-17-22-42-23-21-25-44(30-42)45-28-29-55-56(35-45)58-37-49(47-33-52(66(8,9)10)41-53(34-47)67(11,12)13)39-60-63(58)62-57(55)36-48(38-59(62)68(60,14)15)46-31-50(64(2,3)4)40-51(32-46)65(5,6)7;2*1-2/h1,17-21,23-41,69H,22H2,2-15H3;2*1-2H3/b18-17-,43-24+;;. The van der Waals surface area contributed by atoms with Gasteiger partial charge in [0, 0.05) is 21.4 Å². The Labute approximate surface area is 446 Å². The fourth-order valence-electron chi connectivity index (χ4n) is 10.4. The molecule has 376 valence electrons. The van der Waals surface area contributed by atoms with Crippen LogP contribution in [0.15, 0.2) is 151 Å². The van der Waals surface area contributed by atoms with E-state index in [0.29, 0.717) is 0 Å². The molecular formula is C72H82S. The van der Waals surface area contributed by atoms with Crippen molar-refractivity contribution >= 4 is 50.5 Å². The Morgan fingerprint density at radius 2 is 0.918 bits per heavy atom. The molecule has 0 saturated carbocycles. The normalized spacial score (nSPS) is 13.6. The summed E-state index contributed by atoms with van der Waals surface area (Å²) in [5.74, 6) is 2.85. The van der Waals surface area contributed by atoms with Crippen LogP contribution in [0.4, 0.5) is 0 Å². The Kier molecular flexibility index (Phi) is 15.5. The average Bonchev–Trinajstić information content (AvgIpc) is 3.59. The highest BCUT2D eigenvalue weighted by Gasteiger charge is 2.37. The van der Waals surface area contributed by atoms with Gasteiger partial charge in [-0.3, -0.25) is 0 Å². The summed E-state index contributed by atoms with van der Waals surface area (Å²) in [4.78, 5) is 0.877. The Bertz CT molecular complexity index is 3410. The molecule has 0 amide bonds. The van der Waals surface area contributed by atoms with Crippen LogP contribution in [-0.4, -0.2) is 0 Å². The maximum absolute atomic E-state index is 5.95. The monoisotopic (exact) mass is 979 g/mol. The SMILES string of the molecule is C#C/C(=C\C=C/Cc1cccc(-c2ccc3c(c2)c2cc(-c4cc(C(C)(C)C)cc(C(C)(C)C)c4)cc4c2c2c(cc(-c5cc(C(C)(C)C)cc(C(C)(C)C)c5)cc32)C4(C)C)c1)c1ccccc1S.CC.CC. The first-order chi connectivity index (χ1) is 34.3. The van der Waals surface area contributed by atoms with Gasteiger partial charge in [0.15, 0.2) is 0 Å². The minimum Gasteiger partial charge on any atom is -0.143 e. The van der Waals surface area contributed by atoms with Crippen molar-refractivity contribution in [3.63, 3.8) is 0 Å². The molecular weight excluding hydrogens is 897 g/mol. The molecule has 73 heavy (non-hydrogen) atoms. The van der Waals surface area contributed by atoms with E-state index in [1.165, 1.54) is 105 Å². The molecule has 0 saturated heterocycles. The molecule has 0 unspecified atom stereocenters. The predicted molar refractivity (Wildman–Crippen MR) is 328 cm³/mol. The topological polar surface area (TPSA) is 0 Å². The highest BCUT2D eigenvalue weighted by atomic mass is 32.1. The third-order valence-electron chi connectivity index (χ3n) is 14.8. The van der Waals surface area contributed by atoms with Gasteiger partial charge in [-0.2, -0.15) is 0 Å². The Hall–Kier alpha value is -6.07. The highest BCUT2D eigenvalue weighted by Crippen LogP contribution is 2.54. The summed E-state index contributed by atoms with van der Waals surface area (Å²) in [6.07, 6.45) is 13.0. The van der Waals surface area contributed by atoms with E-state index in [1.54, 1.807) is 0 Å². The summed E-state index contributed by atoms with van der Waals surface area (Å²) >= 11 is 4.64. The van der Waals surface area contributed by atoms with Gasteiger partial charge in [-0.1, -0.05) is 234 Å². The lowest BCUT2D eigenvalue weighted by atomic mass is 9.77. The summed E-state index contributed by atoms with van der Waals surface area (Å²) in [6, 6.07) is 49.0. The van der Waals surface area contributed by atoms with Crippen molar-refractivity contribution in [2.45, 2.75) is 163 Å². The summed E-state index contributed by atoms with van der Waals surface area (Å²) in [5, 5.41) is 8.04. The molecule has 9 rings (SSSR count). The Balaban J connectivity index is 0.00000190. The van der Waals surface area contributed by atoms with Crippen LogP contribution >= 0.6 is 12.6 Å². The van der Waals surface area contributed by atoms with Gasteiger partial charge >= 0.3 is 0 Å². The van der Waals surface area contributed by atoms with Crippen molar-refractivity contribution < 1.29 is 0 Å². The number of hydrogen-bond acceptors (Lipinski definition) is 1. The van der Waals surface area contributed by atoms with Gasteiger partial charge in [0.1, 0.15) is 0 Å². The first kappa shape index (κ1) is 54.7. The molecule has 0 spiro atoms. The largest absolute Gasteiger partial charge is 0.143 e. The van der Waals surface area contributed by atoms with E-state index < -0.39 is 0 Å². The van der Waals surface area contributed by atoms with Crippen LogP contribution in [0.2, 0.25) is 0 Å². The minimum absolute atomic E-state index is 0.00457. The maximum Gasteiger partial charge on any atom is 0.0326 e. The van der Waals surface area contributed by atoms with Crippen molar-refractivity contribution in [2.24, 2.45) is 0 Å². The smallest absolute Gasteiger partial charge is 0.0326 e. The molecule has 1 aliphatic rings. The molecule has 0 heterocycles. The molecule has 0 nitrogen and oxygen atoms in total. The second kappa shape index (κ2) is 20.7. The Morgan fingerprint density at radius 3 is 1.38 bits per heavy atom. The van der Waals surface area contributed by atoms with Crippen molar-refractivity contribution in [1.82, 2.24) is 0 Å². The molecule has 0 radical (unpaired) electrons. The van der Waals surface area contributed by atoms with Crippen LogP contribution in [0.5, 0.6) is 0 Å². The average molecular weight is 980 g/mol. The molecule has 8 aromatic rings. The third kappa shape index (κ3) is 10.9. The van der Waals surface area contributed by atoms with Crippen molar-refractivity contribution in [3.8, 4) is 45.7 Å². The van der Waals surface area contributed by atoms with Crippen LogP contribution in [0.25, 0.3) is 71.3 Å². The van der Waals surface area contributed by atoms with E-state index in [4.69, 9.17) is 6.42 Å². The lowest BCUT2D eigenvalue weighted by Gasteiger charge is -2.27. The summed E-state index contributed by atoms with van der Waals surface area (Å²) in [6.45, 7) is 41.0. The van der Waals surface area contributed by atoms with Crippen LogP contribution in [0, 0.1) is 12.3 Å². The van der Waals surface area contributed by atoms with Crippen LogP contribution in [0.1, 0.15) is 169 Å². The molecule has 1 aliphatic carbocycles. The fourth-order valence-corrected chi connectivity index (χ4v) is 10.7. The van der Waals surface area contributed by atoms with Gasteiger partial charge in [0.2, 0.25) is 0 Å². The second-order valence-corrected chi connectivity index (χ2v) is 24.9. The molecule has 0 N–H and O–H groups in total. The quantitative estimate of drug-likeness (QED) is 0.0700. The number of rotatable bonds is 7. The molecule has 0 aliphatic heterocycles. The number of allylic oxidation sites excluding steroid dienone is 4. The molecule has 8 aromatic carbocycles. The zero-order valence-electron chi connectivity index (χ0n) is 47.6. The number of fused-ring (bicyclic) bond motifs is 3. The van der Waals surface area contributed by atoms with E-state index in [0.717, 1.165) is 22.5 Å². The van der Waals surface area contributed by atoms with Crippen LogP contribution in [-0.2, 0) is 33.5 Å². The molecule has 0 atom stereocenters. The zero-order valence-corrected chi connectivity index (χ0v) is 48.5. The molecule has 0 fully saturated rings. The lowest BCUT2D eigenvalue weighted by Crippen LogP contribution is -2.17. The van der Waals surface area contributed by atoms with E-state index in [-0.39, 0.29) is 27.1 Å². The maximum atomic E-state index is 5.95. The zero-order chi connectivity index (χ0) is 53.6. The predicted octanol–water partition coefficient (Wildman–Crippen LogP) is 21.1. The van der Waals surface area contributed by atoms with Gasteiger partial charge in [-0.15, -0.1) is 19.1 Å². The Morgan fingerprint density at radius 1 is 0.479 bits per heavy atom. The molecule has 0 bridgehead atoms. The van der Waals surface area contributed by atoms with Gasteiger partial charge < -0.3 is 0 Å². The van der Waals surface area contributed by atoms with Crippen LogP contribution in [0.3, 0.4) is 0 Å². The number of terminal acetylenes is 1. The van der Waals surface area contributed by atoms with Gasteiger partial charge in [0.25, 0.3) is 0 Å². The minimum atomic E-state index is -0.234. The molecule has 1 heteroatoms. The third-order valence-corrected chi connectivity index (χ3v) is 15.2. The van der Waals surface area contributed by atoms with E-state index in [2.05, 4.69) is 231 Å². The van der Waals surface area contributed by atoms with Crippen LogP contribution < -0.4 is 0 Å². The van der Waals surface area contributed by atoms with E-state index >= 15 is 0 Å². The van der Waals surface area contributed by atoms with Gasteiger partial charge in [-0.05, 0) is 175 Å². The first-order valence-corrected chi connectivity index (χ1v) is 27.3. The lowest BCUT2D eigenvalue weighted by molar-refractivity contribution is 0.568. The van der Waals surface area contributed by atoms with Crippen molar-refractivity contribution in [2.75, 3.05) is 0 Å². The highest BCUT2D eigenvalue weighted by molar-refractivity contribution is 7.80. The first-order valence-electron chi connectivity index (χ1n) is 26.9. The fraction of sp³-hybridized carbons (Fsp3) is 0.333. The molecule has 0 aromatic heterocycles.